The van der Waals surface area contributed by atoms with Crippen molar-refractivity contribution in [2.24, 2.45) is 0 Å². The molecule has 8 bridgehead atoms. The monoisotopic (exact) mass is 2090 g/mol. The largest absolute Gasteiger partial charge is 0.460 e. The molecule has 0 saturated heterocycles. The second kappa shape index (κ2) is 33.1. The third-order valence-corrected chi connectivity index (χ3v) is 19.2. The lowest BCUT2D eigenvalue weighted by molar-refractivity contribution is -0.420. The topological polar surface area (TPSA) is 105 Å². The van der Waals surface area contributed by atoms with Crippen LogP contribution in [0.15, 0.2) is 24.3 Å². The van der Waals surface area contributed by atoms with Crippen LogP contribution in [0.4, 0.5) is 286 Å². The first kappa shape index (κ1) is 108. The summed E-state index contributed by atoms with van der Waals surface area (Å²) in [5, 5.41) is 0.550. The van der Waals surface area contributed by atoms with Gasteiger partial charge in [-0.25, -0.2) is 80.2 Å². The molecule has 7 aromatic rings. The summed E-state index contributed by atoms with van der Waals surface area (Å²) in [7, 11) is 0. The SMILES string of the molecule is Fc1c(F)c(-c2c3nc(c(-c4c(F)c(F)c(NCC(F)(F)C(F)(F)C(F)(F)C(F)(F)C(F)(F)F)c(F)c4F)c4ccc([nH]4)c(-c4c(F)c(F)c(NCC(F)(F)C(F)(F)C(F)(F)C(F)(F)C(F)(F)F)c(F)c4F)c4nc(c(-c5c(F)c(F)c(NCC(F)(F)C(F)(F)C(F)(F)C(F)(F)C(F)(F)F)c(F)c5F)c5ccc2[nH]5)C=C4)C=C3)c(F)c(F)c1NCC(F)(F)C(F)(F)C(F)(F)C(F)(F)C(F)(F)F. The molecule has 2 aliphatic rings. The molecule has 68 heteroatoms. The molecule has 4 aromatic carbocycles. The van der Waals surface area contributed by atoms with Crippen molar-refractivity contribution in [2.75, 3.05) is 47.4 Å². The minimum absolute atomic E-state index is 0.137. The zero-order chi connectivity index (χ0) is 105. The summed E-state index contributed by atoms with van der Waals surface area (Å²) in [5.41, 5.74) is -50.0. The summed E-state index contributed by atoms with van der Waals surface area (Å²) >= 11 is 0. The average molecular weight is 2090 g/mol. The van der Waals surface area contributed by atoms with E-state index in [4.69, 9.17) is 0 Å². The number of rotatable bonds is 28. The Morgan fingerprint density at radius 1 is 0.176 bits per heavy atom. The molecule has 136 heavy (non-hydrogen) atoms. The van der Waals surface area contributed by atoms with Crippen LogP contribution >= 0.6 is 0 Å². The van der Waals surface area contributed by atoms with Gasteiger partial charge in [-0.1, -0.05) is 0 Å². The fourth-order valence-electron chi connectivity index (χ4n) is 11.9. The first-order chi connectivity index (χ1) is 60.8. The van der Waals surface area contributed by atoms with Gasteiger partial charge in [0.15, 0.2) is 93.1 Å². The molecule has 8 nitrogen and oxygen atoms in total. The lowest BCUT2D eigenvalue weighted by Gasteiger charge is -2.37. The van der Waals surface area contributed by atoms with Crippen molar-refractivity contribution in [3.63, 3.8) is 0 Å². The minimum atomic E-state index is -8.44. The van der Waals surface area contributed by atoms with E-state index in [9.17, 15) is 193 Å². The number of aromatic amines is 2. The Bertz CT molecular complexity index is 5330. The molecule has 5 heterocycles. The van der Waals surface area contributed by atoms with Gasteiger partial charge in [0.05, 0.1) is 71.2 Å². The van der Waals surface area contributed by atoms with Gasteiger partial charge in [0.1, 0.15) is 22.7 Å². The second-order valence-corrected chi connectivity index (χ2v) is 27.6. The van der Waals surface area contributed by atoms with E-state index < -0.39 is 351 Å². The number of fused-ring (bicyclic) bond motifs is 8. The minimum Gasteiger partial charge on any atom is -0.374 e. The first-order valence-corrected chi connectivity index (χ1v) is 33.7. The molecule has 754 valence electrons. The van der Waals surface area contributed by atoms with Gasteiger partial charge >= 0.3 is 119 Å². The number of halogens is 60. The number of nitrogens with zero attached hydrogens (tertiary/aromatic N) is 2. The van der Waals surface area contributed by atoms with E-state index in [0.29, 0.717) is 0 Å². The summed E-state index contributed by atoms with van der Waals surface area (Å²) in [4.78, 5) is 9.82. The maximum atomic E-state index is 17.1. The van der Waals surface area contributed by atoms with Crippen LogP contribution in [0.25, 0.3) is 90.9 Å². The third kappa shape index (κ3) is 16.0. The van der Waals surface area contributed by atoms with Crippen molar-refractivity contribution in [1.29, 1.82) is 0 Å². The fraction of sp³-hybridized carbons (Fsp3) is 0.353. The highest BCUT2D eigenvalue weighted by molar-refractivity contribution is 6.01. The smallest absolute Gasteiger partial charge is 0.374 e. The first-order valence-electron chi connectivity index (χ1n) is 33.7. The number of nitrogens with one attached hydrogen (secondary N) is 6. The van der Waals surface area contributed by atoms with Crippen molar-refractivity contribution >= 4 is 69.1 Å². The molecule has 0 unspecified atom stereocenters. The number of hydrogen-bond donors (Lipinski definition) is 6. The van der Waals surface area contributed by atoms with Gasteiger partial charge in [-0.05, 0) is 48.6 Å². The van der Waals surface area contributed by atoms with Crippen molar-refractivity contribution in [1.82, 2.24) is 19.9 Å². The number of hydrogen-bond acceptors (Lipinski definition) is 6. The van der Waals surface area contributed by atoms with Crippen LogP contribution in [0.2, 0.25) is 0 Å². The molecule has 3 aromatic heterocycles. The van der Waals surface area contributed by atoms with Gasteiger partial charge in [-0.2, -0.15) is 193 Å². The predicted molar refractivity (Wildman–Crippen MR) is 337 cm³/mol. The third-order valence-electron chi connectivity index (χ3n) is 19.2. The summed E-state index contributed by atoms with van der Waals surface area (Å²) in [6.45, 7) is -15.9. The molecule has 0 fully saturated rings. The van der Waals surface area contributed by atoms with Crippen LogP contribution in [0.1, 0.15) is 22.8 Å². The van der Waals surface area contributed by atoms with Crippen LogP contribution in [0.3, 0.4) is 0 Å². The summed E-state index contributed by atoms with van der Waals surface area (Å²) in [6, 6.07) is -0.874. The highest BCUT2D eigenvalue weighted by Crippen LogP contribution is 2.64. The number of alkyl halides is 44. The number of benzene rings is 4. The summed E-state index contributed by atoms with van der Waals surface area (Å²) in [6.07, 6.45) is -32.9. The lowest BCUT2D eigenvalue weighted by atomic mass is 9.97. The summed E-state index contributed by atoms with van der Waals surface area (Å²) < 4.78 is 884. The van der Waals surface area contributed by atoms with Crippen LogP contribution in [-0.4, -0.2) is 166 Å². The number of aromatic nitrogens is 4. The molecular weight excluding hydrogens is 2070 g/mol. The predicted octanol–water partition coefficient (Wildman–Crippen LogP) is 27.6. The van der Waals surface area contributed by atoms with Crippen molar-refractivity contribution in [3.05, 3.63) is 140 Å². The quantitative estimate of drug-likeness (QED) is 0.0216. The van der Waals surface area contributed by atoms with Gasteiger partial charge in [-0.3, -0.25) is 0 Å². The maximum absolute atomic E-state index is 17.1. The van der Waals surface area contributed by atoms with Gasteiger partial charge in [-0.15, -0.1) is 0 Å². The molecule has 9 rings (SSSR count). The zero-order valence-corrected chi connectivity index (χ0v) is 62.0. The van der Waals surface area contributed by atoms with E-state index in [1.807, 2.05) is 0 Å². The molecule has 0 aliphatic carbocycles. The van der Waals surface area contributed by atoms with Gasteiger partial charge in [0, 0.05) is 44.3 Å². The Hall–Kier alpha value is -11.5. The number of H-pyrrole nitrogens is 2. The number of anilines is 4. The Morgan fingerprint density at radius 2 is 0.309 bits per heavy atom. The molecular formula is C68H22F60N8. The summed E-state index contributed by atoms with van der Waals surface area (Å²) in [5.74, 6) is -187. The fourth-order valence-corrected chi connectivity index (χ4v) is 11.9. The molecule has 2 aliphatic heterocycles. The standard InChI is InChI=1S/C68H22F60N8/c69-29-25(30(70)38(78)45(37(29)77)129-9-49(85,86)53(93,94)57(101,102)61(109,110)65(117,118)119)21-13-1-2-14(133-13)22(26-31(71)39(79)46(40(80)32(26)72)130-10-50(87,88)54(95,96)58(103,104)62(111,112)66(120,121)122)16-5-6-18(135-16)24(28-35(75)43(83)48(44(84)36(28)76)132-12-52(91,92)56(99,100)60(107,108)64(115,116)68(126,127)128)20-8-7-19(136-20)23(17-4-3-15(21)134-17)27-33(73)41(81)47(42(82)34(27)74)131-11-51(89,90)55(97,98)59(105,106)63(113,114)67(123,124)125/h1-8,129-133,136H,9-12H2. The average Bonchev–Trinajstić information content (AvgIpc) is 1.05. The van der Waals surface area contributed by atoms with Crippen molar-refractivity contribution in [2.45, 2.75) is 119 Å². The molecule has 0 saturated carbocycles. The van der Waals surface area contributed by atoms with Gasteiger partial charge < -0.3 is 31.2 Å². The van der Waals surface area contributed by atoms with E-state index in [-0.39, 0.29) is 69.8 Å². The van der Waals surface area contributed by atoms with Crippen LogP contribution < -0.4 is 21.3 Å². The molecule has 6 N–H and O–H groups in total. The van der Waals surface area contributed by atoms with Crippen molar-refractivity contribution in [3.8, 4) is 44.5 Å². The van der Waals surface area contributed by atoms with E-state index in [1.54, 1.807) is 0 Å². The Balaban J connectivity index is 1.45. The lowest BCUT2D eigenvalue weighted by Crippen LogP contribution is -2.67. The highest BCUT2D eigenvalue weighted by atomic mass is 19.5. The molecule has 0 amide bonds. The normalized spacial score (nSPS) is 14.7. The van der Waals surface area contributed by atoms with Crippen LogP contribution in [0.5, 0.6) is 0 Å². The van der Waals surface area contributed by atoms with E-state index >= 15 is 70.2 Å². The Labute approximate surface area is 703 Å². The molecule has 0 atom stereocenters. The van der Waals surface area contributed by atoms with Gasteiger partial charge in [0.2, 0.25) is 0 Å². The maximum Gasteiger partial charge on any atom is 0.460 e. The zero-order valence-electron chi connectivity index (χ0n) is 62.0. The second-order valence-electron chi connectivity index (χ2n) is 27.6. The van der Waals surface area contributed by atoms with Crippen LogP contribution in [-0.2, 0) is 0 Å². The van der Waals surface area contributed by atoms with E-state index in [0.717, 1.165) is 0 Å². The van der Waals surface area contributed by atoms with Crippen LogP contribution in [0, 0.1) is 93.1 Å². The Morgan fingerprint density at radius 3 is 0.434 bits per heavy atom. The van der Waals surface area contributed by atoms with Crippen molar-refractivity contribution < 1.29 is 263 Å². The molecule has 0 radical (unpaired) electrons. The van der Waals surface area contributed by atoms with Gasteiger partial charge in [0.25, 0.3) is 0 Å². The highest BCUT2D eigenvalue weighted by Gasteiger charge is 2.91. The van der Waals surface area contributed by atoms with E-state index in [2.05, 4.69) is 9.97 Å². The van der Waals surface area contributed by atoms with E-state index in [1.165, 1.54) is 9.97 Å². The molecule has 0 spiro atoms. The Kier molecular flexibility index (Phi) is 26.3.